The van der Waals surface area contributed by atoms with Gasteiger partial charge in [-0.3, -0.25) is 0 Å². The van der Waals surface area contributed by atoms with Crippen LogP contribution in [0, 0.1) is 6.92 Å². The van der Waals surface area contributed by atoms with Gasteiger partial charge in [0.15, 0.2) is 0 Å². The molecular weight excluding hydrogens is 306 g/mol. The summed E-state index contributed by atoms with van der Waals surface area (Å²) < 4.78 is 0. The lowest BCUT2D eigenvalue weighted by Gasteiger charge is -2.13. The molecule has 5 heteroatoms. The van der Waals surface area contributed by atoms with Crippen LogP contribution < -0.4 is 0 Å². The molecule has 1 heterocycles. The van der Waals surface area contributed by atoms with Gasteiger partial charge in [0.25, 0.3) is 0 Å². The van der Waals surface area contributed by atoms with Crippen molar-refractivity contribution < 1.29 is 20.4 Å². The molecule has 0 spiro atoms. The van der Waals surface area contributed by atoms with Crippen LogP contribution in [0.3, 0.4) is 0 Å². The number of hydrogen-bond acceptors (Lipinski definition) is 4. The van der Waals surface area contributed by atoms with Crippen LogP contribution in [0.2, 0.25) is 0 Å². The highest BCUT2D eigenvalue weighted by molar-refractivity contribution is 5.11. The van der Waals surface area contributed by atoms with Crippen molar-refractivity contribution in [3.8, 4) is 0 Å². The van der Waals surface area contributed by atoms with E-state index in [2.05, 4.69) is 54.5 Å². The maximum absolute atomic E-state index is 7.57. The summed E-state index contributed by atoms with van der Waals surface area (Å²) in [7, 11) is 0. The number of nitrogens with zero attached hydrogens (tertiary/aromatic N) is 1. The highest BCUT2D eigenvalue weighted by Crippen LogP contribution is 1.97. The van der Waals surface area contributed by atoms with Crippen molar-refractivity contribution in [2.75, 3.05) is 39.5 Å². The van der Waals surface area contributed by atoms with E-state index in [9.17, 15) is 0 Å². The number of aliphatic hydroxyl groups excluding tert-OH is 1. The summed E-state index contributed by atoms with van der Waals surface area (Å²) in [6.07, 6.45) is 2.31. The van der Waals surface area contributed by atoms with E-state index in [0.717, 1.165) is 26.1 Å². The van der Waals surface area contributed by atoms with Crippen molar-refractivity contribution in [1.82, 2.24) is 4.90 Å². The summed E-state index contributed by atoms with van der Waals surface area (Å²) in [6, 6.07) is 10.3. The molecule has 0 aliphatic carbocycles. The largest absolute Gasteiger partial charge is 0.412 e. The second-order valence-electron chi connectivity index (χ2n) is 4.94. The Morgan fingerprint density at radius 2 is 1.25 bits per heavy atom. The first-order chi connectivity index (χ1) is 11.2. The normalized spacial score (nSPS) is 12.3. The fourth-order valence-corrected chi connectivity index (χ4v) is 1.65. The van der Waals surface area contributed by atoms with Crippen LogP contribution >= 0.6 is 0 Å². The van der Waals surface area contributed by atoms with Crippen LogP contribution in [-0.2, 0) is 9.78 Å². The number of hydrogen-bond donors (Lipinski definition) is 1. The summed E-state index contributed by atoms with van der Waals surface area (Å²) in [5.41, 5.74) is 1.32. The van der Waals surface area contributed by atoms with E-state index in [1.165, 1.54) is 25.2 Å². The molecule has 0 unspecified atom stereocenters. The first-order valence-corrected chi connectivity index (χ1v) is 8.75. The fourth-order valence-electron chi connectivity index (χ4n) is 1.65. The third-order valence-corrected chi connectivity index (χ3v) is 3.07. The second-order valence-corrected chi connectivity index (χ2v) is 4.94. The van der Waals surface area contributed by atoms with E-state index < -0.39 is 0 Å². The zero-order valence-corrected chi connectivity index (χ0v) is 16.3. The summed E-state index contributed by atoms with van der Waals surface area (Å²) >= 11 is 0. The third kappa shape index (κ3) is 23.3. The molecule has 5 nitrogen and oxygen atoms in total. The first kappa shape index (κ1) is 27.8. The minimum Gasteiger partial charge on any atom is -0.412 e. The number of aryl methyl sites for hydroxylation is 1. The molecule has 1 aromatic carbocycles. The zero-order valence-electron chi connectivity index (χ0n) is 16.3. The third-order valence-electron chi connectivity index (χ3n) is 3.07. The van der Waals surface area contributed by atoms with E-state index in [4.69, 9.17) is 5.11 Å². The van der Waals surface area contributed by atoms with Crippen LogP contribution in [0.1, 0.15) is 46.1 Å². The Balaban J connectivity index is -0.000000251. The maximum Gasteiger partial charge on any atom is 0.0823 e. The van der Waals surface area contributed by atoms with E-state index in [1.54, 1.807) is 6.92 Å². The zero-order chi connectivity index (χ0) is 17.8. The lowest BCUT2D eigenvalue weighted by atomic mass is 10.2. The molecule has 24 heavy (non-hydrogen) atoms. The molecule has 144 valence electrons. The van der Waals surface area contributed by atoms with Gasteiger partial charge in [0.2, 0.25) is 0 Å². The van der Waals surface area contributed by atoms with Gasteiger partial charge in [-0.15, -0.1) is 0 Å². The van der Waals surface area contributed by atoms with Gasteiger partial charge in [-0.2, -0.15) is 0 Å². The molecule has 2 rings (SSSR count). The van der Waals surface area contributed by atoms with Crippen LogP contribution in [0.4, 0.5) is 0 Å². The van der Waals surface area contributed by atoms with Crippen molar-refractivity contribution in [2.24, 2.45) is 0 Å². The van der Waals surface area contributed by atoms with Gasteiger partial charge in [-0.25, -0.2) is 9.78 Å². The summed E-state index contributed by atoms with van der Waals surface area (Å²) in [6.45, 7) is 15.7. The quantitative estimate of drug-likeness (QED) is 0.854. The van der Waals surface area contributed by atoms with Gasteiger partial charge >= 0.3 is 0 Å². The average Bonchev–Trinajstić information content (AvgIpc) is 2.61. The Morgan fingerprint density at radius 1 is 0.875 bits per heavy atom. The summed E-state index contributed by atoms with van der Waals surface area (Å²) in [4.78, 5) is 11.5. The van der Waals surface area contributed by atoms with Gasteiger partial charge in [0.1, 0.15) is 0 Å². The Bertz CT molecular complexity index is 284. The molecule has 1 fully saturated rings. The van der Waals surface area contributed by atoms with Crippen molar-refractivity contribution in [2.45, 2.75) is 47.5 Å². The molecule has 0 amide bonds. The molecule has 0 bridgehead atoms. The SMILES string of the molecule is C1CCOOC1.CCN(CC)CC.CCO.Cc1ccccc1.O. The molecule has 0 aromatic heterocycles. The molecule has 1 saturated heterocycles. The molecular formula is C19H39NO4. The molecule has 0 saturated carbocycles. The van der Waals surface area contributed by atoms with E-state index >= 15 is 0 Å². The van der Waals surface area contributed by atoms with Gasteiger partial charge in [0.05, 0.1) is 13.2 Å². The van der Waals surface area contributed by atoms with Gasteiger partial charge in [-0.05, 0) is 46.3 Å². The van der Waals surface area contributed by atoms with Crippen molar-refractivity contribution in [1.29, 1.82) is 0 Å². The molecule has 0 atom stereocenters. The second kappa shape index (κ2) is 24.3. The fraction of sp³-hybridized carbons (Fsp3) is 0.684. The van der Waals surface area contributed by atoms with Gasteiger partial charge in [0, 0.05) is 6.61 Å². The predicted molar refractivity (Wildman–Crippen MR) is 102 cm³/mol. The smallest absolute Gasteiger partial charge is 0.0823 e. The molecule has 1 aliphatic rings. The van der Waals surface area contributed by atoms with Crippen molar-refractivity contribution in [3.63, 3.8) is 0 Å². The topological polar surface area (TPSA) is 73.4 Å². The van der Waals surface area contributed by atoms with Gasteiger partial charge in [-0.1, -0.05) is 56.7 Å². The maximum atomic E-state index is 7.57. The van der Waals surface area contributed by atoms with Crippen LogP contribution in [0.25, 0.3) is 0 Å². The molecule has 1 aromatic rings. The molecule has 1 aliphatic heterocycles. The first-order valence-electron chi connectivity index (χ1n) is 8.75. The summed E-state index contributed by atoms with van der Waals surface area (Å²) in [5, 5.41) is 7.57. The van der Waals surface area contributed by atoms with E-state index in [-0.39, 0.29) is 12.1 Å². The number of benzene rings is 1. The molecule has 3 N–H and O–H groups in total. The highest BCUT2D eigenvalue weighted by Gasteiger charge is 1.95. The average molecular weight is 346 g/mol. The van der Waals surface area contributed by atoms with Crippen molar-refractivity contribution in [3.05, 3.63) is 35.9 Å². The molecule has 0 radical (unpaired) electrons. The summed E-state index contributed by atoms with van der Waals surface area (Å²) in [5.74, 6) is 0. The number of aliphatic hydroxyl groups is 1. The van der Waals surface area contributed by atoms with E-state index in [1.807, 2.05) is 18.2 Å². The monoisotopic (exact) mass is 345 g/mol. The Morgan fingerprint density at radius 3 is 1.38 bits per heavy atom. The van der Waals surface area contributed by atoms with Gasteiger partial charge < -0.3 is 15.5 Å². The lowest BCUT2D eigenvalue weighted by molar-refractivity contribution is -0.312. The minimum atomic E-state index is 0. The van der Waals surface area contributed by atoms with E-state index in [0.29, 0.717) is 0 Å². The standard InChI is InChI=1S/C7H8.C6H15N.C4H8O2.C2H6O.H2O/c1-7-5-3-2-4-6-7;1-4-7(5-2)6-3;1-2-4-6-5-3-1;1-2-3;/h2-6H,1H3;4-6H2,1-3H3;1-4H2;3H,2H2,1H3;1H2. The van der Waals surface area contributed by atoms with Crippen molar-refractivity contribution >= 4 is 0 Å². The van der Waals surface area contributed by atoms with Crippen LogP contribution in [0.15, 0.2) is 30.3 Å². The lowest BCUT2D eigenvalue weighted by Crippen LogP contribution is -2.21. The van der Waals surface area contributed by atoms with Crippen LogP contribution in [-0.4, -0.2) is 54.9 Å². The Labute approximate surface area is 148 Å². The Hall–Kier alpha value is -0.980. The number of rotatable bonds is 3. The Kier molecular flexibility index (Phi) is 28.2. The highest BCUT2D eigenvalue weighted by atomic mass is 17.2. The van der Waals surface area contributed by atoms with Crippen LogP contribution in [0.5, 0.6) is 0 Å². The predicted octanol–water partition coefficient (Wildman–Crippen LogP) is 3.25. The minimum absolute atomic E-state index is 0.